The molecule has 1 fully saturated rings. The number of hydrogen-bond acceptors (Lipinski definition) is 3. The molecule has 0 saturated carbocycles. The Kier molecular flexibility index (Phi) is 5.57. The van der Waals surface area contributed by atoms with Crippen molar-refractivity contribution in [3.63, 3.8) is 0 Å². The van der Waals surface area contributed by atoms with E-state index in [9.17, 15) is 14.4 Å². The van der Waals surface area contributed by atoms with E-state index in [-0.39, 0.29) is 23.9 Å². The maximum Gasteiger partial charge on any atom is 0.321 e. The number of likely N-dealkylation sites (tertiary alicyclic amines) is 1. The van der Waals surface area contributed by atoms with Crippen molar-refractivity contribution in [2.45, 2.75) is 39.2 Å². The van der Waals surface area contributed by atoms with Gasteiger partial charge in [-0.25, -0.2) is 4.79 Å². The van der Waals surface area contributed by atoms with Gasteiger partial charge < -0.3 is 10.2 Å². The minimum absolute atomic E-state index is 0.161. The predicted molar refractivity (Wildman–Crippen MR) is 116 cm³/mol. The summed E-state index contributed by atoms with van der Waals surface area (Å²) in [4.78, 5) is 40.7. The number of anilines is 1. The van der Waals surface area contributed by atoms with Crippen molar-refractivity contribution in [1.29, 1.82) is 0 Å². The molecule has 2 aliphatic heterocycles. The van der Waals surface area contributed by atoms with Gasteiger partial charge in [-0.15, -0.1) is 0 Å². The average Bonchev–Trinajstić information content (AvgIpc) is 2.99. The highest BCUT2D eigenvalue weighted by molar-refractivity contribution is 6.22. The van der Waals surface area contributed by atoms with Crippen LogP contribution in [0.1, 0.15) is 53.0 Å². The third kappa shape index (κ3) is 3.95. The zero-order valence-electron chi connectivity index (χ0n) is 17.4. The summed E-state index contributed by atoms with van der Waals surface area (Å²) in [5.41, 5.74) is 2.63. The first-order valence-corrected chi connectivity index (χ1v) is 10.6. The van der Waals surface area contributed by atoms with Gasteiger partial charge in [0.1, 0.15) is 0 Å². The van der Waals surface area contributed by atoms with Crippen LogP contribution in [0.15, 0.2) is 48.5 Å². The molecule has 1 saturated heterocycles. The molecule has 30 heavy (non-hydrogen) atoms. The molecule has 6 heteroatoms. The van der Waals surface area contributed by atoms with E-state index >= 15 is 0 Å². The van der Waals surface area contributed by atoms with E-state index in [1.54, 1.807) is 18.2 Å². The average molecular weight is 405 g/mol. The van der Waals surface area contributed by atoms with E-state index in [1.165, 1.54) is 10.5 Å². The summed E-state index contributed by atoms with van der Waals surface area (Å²) < 4.78 is 0. The van der Waals surface area contributed by atoms with Crippen LogP contribution >= 0.6 is 0 Å². The first-order chi connectivity index (χ1) is 14.4. The number of nitrogens with zero attached hydrogens (tertiary/aromatic N) is 2. The first-order valence-electron chi connectivity index (χ1n) is 10.6. The lowest BCUT2D eigenvalue weighted by atomic mass is 9.90. The van der Waals surface area contributed by atoms with Crippen molar-refractivity contribution in [2.75, 3.05) is 18.4 Å². The molecule has 0 atom stereocenters. The van der Waals surface area contributed by atoms with Gasteiger partial charge in [0.2, 0.25) is 0 Å². The van der Waals surface area contributed by atoms with Crippen LogP contribution < -0.4 is 5.32 Å². The summed E-state index contributed by atoms with van der Waals surface area (Å²) in [6, 6.07) is 15.0. The predicted octanol–water partition coefficient (Wildman–Crippen LogP) is 4.18. The highest BCUT2D eigenvalue weighted by atomic mass is 16.2. The molecule has 2 aromatic carbocycles. The number of carbonyl (C=O) groups excluding carboxylic acids is 3. The SMILES string of the molecule is CC(C)N1C(=O)c2ccc(NC(=O)N3CCC(Cc4ccccc4)CC3)cc2C1=O. The number of nitrogens with one attached hydrogen (secondary N) is 1. The minimum Gasteiger partial charge on any atom is -0.325 e. The molecular formula is C24H27N3O3. The highest BCUT2D eigenvalue weighted by Gasteiger charge is 2.37. The molecule has 0 unspecified atom stereocenters. The fourth-order valence-electron chi connectivity index (χ4n) is 4.30. The van der Waals surface area contributed by atoms with Gasteiger partial charge in [0.15, 0.2) is 0 Å². The number of imide groups is 1. The van der Waals surface area contributed by atoms with Crippen molar-refractivity contribution in [3.8, 4) is 0 Å². The molecule has 0 bridgehead atoms. The normalized spacial score (nSPS) is 16.9. The fourth-order valence-corrected chi connectivity index (χ4v) is 4.30. The van der Waals surface area contributed by atoms with E-state index in [2.05, 4.69) is 29.6 Å². The van der Waals surface area contributed by atoms with Crippen molar-refractivity contribution in [1.82, 2.24) is 9.80 Å². The standard InChI is InChI=1S/C24H27N3O3/c1-16(2)27-22(28)20-9-8-19(15-21(20)23(27)29)25-24(30)26-12-10-18(11-13-26)14-17-6-4-3-5-7-17/h3-9,15-16,18H,10-14H2,1-2H3,(H,25,30). The molecule has 156 valence electrons. The maximum atomic E-state index is 12.7. The molecule has 0 spiro atoms. The summed E-state index contributed by atoms with van der Waals surface area (Å²) in [6.45, 7) is 5.05. The zero-order chi connectivity index (χ0) is 21.3. The van der Waals surface area contributed by atoms with E-state index in [0.717, 1.165) is 19.3 Å². The van der Waals surface area contributed by atoms with Crippen molar-refractivity contribution >= 4 is 23.5 Å². The van der Waals surface area contributed by atoms with Crippen LogP contribution in [0.25, 0.3) is 0 Å². The number of rotatable bonds is 4. The molecule has 0 aliphatic carbocycles. The quantitative estimate of drug-likeness (QED) is 0.776. The number of amides is 4. The maximum absolute atomic E-state index is 12.7. The lowest BCUT2D eigenvalue weighted by molar-refractivity contribution is 0.0609. The van der Waals surface area contributed by atoms with Crippen LogP contribution in [0.3, 0.4) is 0 Å². The number of benzene rings is 2. The van der Waals surface area contributed by atoms with Crippen molar-refractivity contribution in [2.24, 2.45) is 5.92 Å². The van der Waals surface area contributed by atoms with E-state index in [0.29, 0.717) is 35.8 Å². The molecule has 4 rings (SSSR count). The van der Waals surface area contributed by atoms with Crippen molar-refractivity contribution in [3.05, 3.63) is 65.2 Å². The largest absolute Gasteiger partial charge is 0.325 e. The van der Waals surface area contributed by atoms with Gasteiger partial charge in [0.05, 0.1) is 11.1 Å². The Balaban J connectivity index is 1.35. The second-order valence-electron chi connectivity index (χ2n) is 8.38. The van der Waals surface area contributed by atoms with Gasteiger partial charge in [-0.3, -0.25) is 14.5 Å². The van der Waals surface area contributed by atoms with Gasteiger partial charge in [-0.2, -0.15) is 0 Å². The first kappa shape index (κ1) is 20.1. The Morgan fingerprint density at radius 3 is 2.33 bits per heavy atom. The summed E-state index contributed by atoms with van der Waals surface area (Å²) >= 11 is 0. The van der Waals surface area contributed by atoms with E-state index in [1.807, 2.05) is 24.8 Å². The van der Waals surface area contributed by atoms with Crippen LogP contribution in [0, 0.1) is 5.92 Å². The lowest BCUT2D eigenvalue weighted by Crippen LogP contribution is -2.41. The van der Waals surface area contributed by atoms with E-state index < -0.39 is 0 Å². The smallest absolute Gasteiger partial charge is 0.321 e. The second-order valence-corrected chi connectivity index (χ2v) is 8.38. The van der Waals surface area contributed by atoms with Crippen LogP contribution in [-0.2, 0) is 6.42 Å². The lowest BCUT2D eigenvalue weighted by Gasteiger charge is -2.32. The number of carbonyl (C=O) groups is 3. The van der Waals surface area contributed by atoms with Gasteiger partial charge in [-0.1, -0.05) is 30.3 Å². The monoisotopic (exact) mass is 405 g/mol. The Bertz CT molecular complexity index is 963. The molecule has 2 heterocycles. The summed E-state index contributed by atoms with van der Waals surface area (Å²) in [5, 5.41) is 2.89. The molecule has 2 aliphatic rings. The third-order valence-electron chi connectivity index (χ3n) is 5.95. The Morgan fingerprint density at radius 1 is 1.00 bits per heavy atom. The highest BCUT2D eigenvalue weighted by Crippen LogP contribution is 2.28. The number of urea groups is 1. The van der Waals surface area contributed by atoms with Gasteiger partial charge in [-0.05, 0) is 62.8 Å². The number of piperidine rings is 1. The second kappa shape index (κ2) is 8.30. The van der Waals surface area contributed by atoms with E-state index in [4.69, 9.17) is 0 Å². The molecule has 6 nitrogen and oxygen atoms in total. The number of hydrogen-bond donors (Lipinski definition) is 1. The minimum atomic E-state index is -0.303. The zero-order valence-corrected chi connectivity index (χ0v) is 17.4. The molecule has 2 aromatic rings. The molecule has 4 amide bonds. The fraction of sp³-hybridized carbons (Fsp3) is 0.375. The topological polar surface area (TPSA) is 69.7 Å². The summed E-state index contributed by atoms with van der Waals surface area (Å²) in [7, 11) is 0. The van der Waals surface area contributed by atoms with Crippen LogP contribution in [-0.4, -0.2) is 46.8 Å². The molecule has 0 aromatic heterocycles. The van der Waals surface area contributed by atoms with Crippen LogP contribution in [0.2, 0.25) is 0 Å². The Hall–Kier alpha value is -3.15. The summed E-state index contributed by atoms with van der Waals surface area (Å²) in [5.74, 6) is 0.00767. The molecule has 0 radical (unpaired) electrons. The molecular weight excluding hydrogens is 378 g/mol. The van der Waals surface area contributed by atoms with Crippen molar-refractivity contribution < 1.29 is 14.4 Å². The Morgan fingerprint density at radius 2 is 1.67 bits per heavy atom. The van der Waals surface area contributed by atoms with Gasteiger partial charge >= 0.3 is 6.03 Å². The summed E-state index contributed by atoms with van der Waals surface area (Å²) in [6.07, 6.45) is 3.00. The van der Waals surface area contributed by atoms with Crippen LogP contribution in [0.5, 0.6) is 0 Å². The van der Waals surface area contributed by atoms with Gasteiger partial charge in [0.25, 0.3) is 11.8 Å². The van der Waals surface area contributed by atoms with Gasteiger partial charge in [0, 0.05) is 24.8 Å². The van der Waals surface area contributed by atoms with Crippen LogP contribution in [0.4, 0.5) is 10.5 Å². The molecule has 1 N–H and O–H groups in total. The number of fused-ring (bicyclic) bond motifs is 1. The third-order valence-corrected chi connectivity index (χ3v) is 5.95. The Labute approximate surface area is 176 Å².